The van der Waals surface area contributed by atoms with E-state index in [-0.39, 0.29) is 18.6 Å². The van der Waals surface area contributed by atoms with E-state index in [9.17, 15) is 18.3 Å². The van der Waals surface area contributed by atoms with Crippen LogP contribution in [0.15, 0.2) is 0 Å². The van der Waals surface area contributed by atoms with Gasteiger partial charge in [0.05, 0.1) is 11.9 Å². The van der Waals surface area contributed by atoms with Crippen molar-refractivity contribution < 1.29 is 22.9 Å². The van der Waals surface area contributed by atoms with Gasteiger partial charge in [-0.2, -0.15) is 8.42 Å². The highest BCUT2D eigenvalue weighted by Gasteiger charge is 2.60. The van der Waals surface area contributed by atoms with Crippen LogP contribution in [-0.4, -0.2) is 42.4 Å². The van der Waals surface area contributed by atoms with Crippen LogP contribution in [-0.2, 0) is 14.9 Å². The van der Waals surface area contributed by atoms with E-state index in [2.05, 4.69) is 26.1 Å². The summed E-state index contributed by atoms with van der Waals surface area (Å²) in [7, 11) is -4.04. The average molecular weight is 484 g/mol. The number of hydrogen-bond donors (Lipinski definition) is 3. The molecule has 33 heavy (non-hydrogen) atoms. The van der Waals surface area contributed by atoms with Crippen molar-refractivity contribution in [2.24, 2.45) is 46.3 Å². The second kappa shape index (κ2) is 9.42. The smallest absolute Gasteiger partial charge is 0.266 e. The molecule has 0 aliphatic heterocycles. The van der Waals surface area contributed by atoms with Gasteiger partial charge < -0.3 is 10.4 Å². The Morgan fingerprint density at radius 1 is 1.03 bits per heavy atom. The average Bonchev–Trinajstić information content (AvgIpc) is 3.09. The molecule has 0 heterocycles. The molecule has 0 bridgehead atoms. The largest absolute Gasteiger partial charge is 0.393 e. The fraction of sp³-hybridized carbons (Fsp3) is 0.962. The van der Waals surface area contributed by atoms with Crippen molar-refractivity contribution in [3.63, 3.8) is 0 Å². The zero-order valence-electron chi connectivity index (χ0n) is 20.8. The van der Waals surface area contributed by atoms with Crippen molar-refractivity contribution in [1.29, 1.82) is 0 Å². The first kappa shape index (κ1) is 25.4. The molecule has 1 amide bonds. The molecule has 190 valence electrons. The van der Waals surface area contributed by atoms with Crippen LogP contribution in [0, 0.1) is 46.3 Å². The maximum Gasteiger partial charge on any atom is 0.266 e. The molecule has 0 aromatic rings. The van der Waals surface area contributed by atoms with Crippen molar-refractivity contribution in [3.05, 3.63) is 0 Å². The number of aliphatic hydroxyl groups is 1. The van der Waals surface area contributed by atoms with Crippen molar-refractivity contribution >= 4 is 16.0 Å². The molecule has 4 fully saturated rings. The lowest BCUT2D eigenvalue weighted by Crippen LogP contribution is -2.54. The highest BCUT2D eigenvalue weighted by molar-refractivity contribution is 7.85. The number of nitrogens with one attached hydrogen (secondary N) is 1. The summed E-state index contributed by atoms with van der Waals surface area (Å²) in [5, 5.41) is 12.9. The predicted molar refractivity (Wildman–Crippen MR) is 129 cm³/mol. The molecule has 4 rings (SSSR count). The maximum atomic E-state index is 12.2. The zero-order valence-corrected chi connectivity index (χ0v) is 21.6. The van der Waals surface area contributed by atoms with Gasteiger partial charge in [-0.25, -0.2) is 0 Å². The Balaban J connectivity index is 1.35. The van der Waals surface area contributed by atoms with Crippen LogP contribution in [0.5, 0.6) is 0 Å². The first-order valence-corrected chi connectivity index (χ1v) is 14.9. The Bertz CT molecular complexity index is 831. The summed E-state index contributed by atoms with van der Waals surface area (Å²) >= 11 is 0. The molecule has 4 aliphatic rings. The monoisotopic (exact) mass is 483 g/mol. The number of hydrogen-bond acceptors (Lipinski definition) is 4. The number of rotatable bonds is 7. The van der Waals surface area contributed by atoms with Crippen LogP contribution in [0.25, 0.3) is 0 Å². The van der Waals surface area contributed by atoms with Crippen molar-refractivity contribution in [2.45, 2.75) is 97.5 Å². The van der Waals surface area contributed by atoms with Crippen molar-refractivity contribution in [1.82, 2.24) is 5.32 Å². The minimum atomic E-state index is -4.04. The van der Waals surface area contributed by atoms with Crippen LogP contribution < -0.4 is 5.32 Å². The SMILES string of the molecule is CC(CCC(=O)NCCS(=O)(=O)O)[C@H]1CCC2C3CC[C@@H]4CC(O)CC[C@]4(C)C3CC[C@@]21C. The fourth-order valence-corrected chi connectivity index (χ4v) is 9.54. The van der Waals surface area contributed by atoms with Gasteiger partial charge in [0.25, 0.3) is 10.1 Å². The number of carbonyl (C=O) groups is 1. The number of amides is 1. The first-order valence-electron chi connectivity index (χ1n) is 13.3. The highest BCUT2D eigenvalue weighted by atomic mass is 32.2. The molecule has 0 aromatic carbocycles. The molecule has 3 N–H and O–H groups in total. The first-order chi connectivity index (χ1) is 15.4. The third-order valence-corrected chi connectivity index (χ3v) is 11.6. The summed E-state index contributed by atoms with van der Waals surface area (Å²) in [6, 6.07) is 0. The molecule has 4 aliphatic carbocycles. The van der Waals surface area contributed by atoms with Crippen LogP contribution in [0.1, 0.15) is 91.4 Å². The third kappa shape index (κ3) is 5.02. The van der Waals surface area contributed by atoms with E-state index in [1.165, 1.54) is 44.9 Å². The van der Waals surface area contributed by atoms with E-state index in [0.29, 0.717) is 35.0 Å². The summed E-state index contributed by atoms with van der Waals surface area (Å²) in [5.41, 5.74) is 0.771. The Kier molecular flexibility index (Phi) is 7.26. The van der Waals surface area contributed by atoms with Crippen LogP contribution in [0.4, 0.5) is 0 Å². The summed E-state index contributed by atoms with van der Waals surface area (Å²) in [4.78, 5) is 12.2. The molecule has 0 saturated heterocycles. The predicted octanol–water partition coefficient (Wildman–Crippen LogP) is 4.43. The Morgan fingerprint density at radius 2 is 1.73 bits per heavy atom. The highest BCUT2D eigenvalue weighted by Crippen LogP contribution is 2.68. The normalized spacial score (nSPS) is 43.8. The quantitative estimate of drug-likeness (QED) is 0.465. The standard InChI is InChI=1S/C26H45NO5S/c1-17(4-9-24(29)27-14-15-33(30,31)32)21-7-8-22-20-6-5-18-16-19(28)10-12-25(18,2)23(20)11-13-26(21,22)3/h17-23,28H,4-16H2,1-3H3,(H,27,29)(H,30,31,32)/t17?,18-,19?,20?,21-,22?,23?,25+,26-/m1/s1. The molecule has 0 spiro atoms. The second-order valence-corrected chi connectivity index (χ2v) is 14.0. The third-order valence-electron chi connectivity index (χ3n) is 10.9. The summed E-state index contributed by atoms with van der Waals surface area (Å²) in [5.74, 6) is 3.68. The van der Waals surface area contributed by atoms with Crippen LogP contribution >= 0.6 is 0 Å². The van der Waals surface area contributed by atoms with Crippen molar-refractivity contribution in [3.8, 4) is 0 Å². The Morgan fingerprint density at radius 3 is 2.45 bits per heavy atom. The summed E-state index contributed by atoms with van der Waals surface area (Å²) < 4.78 is 30.5. The minimum Gasteiger partial charge on any atom is -0.393 e. The Labute approximate surface area is 200 Å². The molecular weight excluding hydrogens is 438 g/mol. The van der Waals surface area contributed by atoms with Gasteiger partial charge in [0.1, 0.15) is 0 Å². The van der Waals surface area contributed by atoms with Gasteiger partial charge in [-0.3, -0.25) is 9.35 Å². The topological polar surface area (TPSA) is 104 Å². The molecule has 0 aromatic heterocycles. The second-order valence-electron chi connectivity index (χ2n) is 12.5. The van der Waals surface area contributed by atoms with E-state index < -0.39 is 15.9 Å². The molecular formula is C26H45NO5S. The van der Waals surface area contributed by atoms with Gasteiger partial charge >= 0.3 is 0 Å². The van der Waals surface area contributed by atoms with E-state index >= 15 is 0 Å². The van der Waals surface area contributed by atoms with Crippen LogP contribution in [0.3, 0.4) is 0 Å². The van der Waals surface area contributed by atoms with E-state index in [4.69, 9.17) is 4.55 Å². The molecule has 7 heteroatoms. The van der Waals surface area contributed by atoms with E-state index in [0.717, 1.165) is 37.0 Å². The summed E-state index contributed by atoms with van der Waals surface area (Å²) in [6.07, 6.45) is 12.1. The van der Waals surface area contributed by atoms with Gasteiger partial charge in [0, 0.05) is 13.0 Å². The number of carbonyl (C=O) groups excluding carboxylic acids is 1. The van der Waals surface area contributed by atoms with Gasteiger partial charge in [-0.1, -0.05) is 20.8 Å². The lowest BCUT2D eigenvalue weighted by Gasteiger charge is -2.61. The van der Waals surface area contributed by atoms with Gasteiger partial charge in [0.2, 0.25) is 5.91 Å². The van der Waals surface area contributed by atoms with Gasteiger partial charge in [-0.15, -0.1) is 0 Å². The molecule has 4 saturated carbocycles. The van der Waals surface area contributed by atoms with Gasteiger partial charge in [-0.05, 0) is 111 Å². The number of fused-ring (bicyclic) bond motifs is 5. The minimum absolute atomic E-state index is 0.0326. The van der Waals surface area contributed by atoms with Gasteiger partial charge in [0.15, 0.2) is 0 Å². The zero-order chi connectivity index (χ0) is 24.0. The molecule has 0 radical (unpaired) electrons. The molecule has 6 nitrogen and oxygen atoms in total. The van der Waals surface area contributed by atoms with E-state index in [1.807, 2.05) is 0 Å². The maximum absolute atomic E-state index is 12.2. The lowest BCUT2D eigenvalue weighted by atomic mass is 9.44. The Hall–Kier alpha value is -0.660. The van der Waals surface area contributed by atoms with E-state index in [1.54, 1.807) is 0 Å². The molecule has 5 unspecified atom stereocenters. The number of aliphatic hydroxyl groups excluding tert-OH is 1. The van der Waals surface area contributed by atoms with Crippen LogP contribution in [0.2, 0.25) is 0 Å². The van der Waals surface area contributed by atoms with Crippen molar-refractivity contribution in [2.75, 3.05) is 12.3 Å². The summed E-state index contributed by atoms with van der Waals surface area (Å²) in [6.45, 7) is 7.34. The molecule has 9 atom stereocenters. The lowest BCUT2D eigenvalue weighted by molar-refractivity contribution is -0.129. The fourth-order valence-electron chi connectivity index (χ4n) is 9.18.